The van der Waals surface area contributed by atoms with E-state index in [1.807, 2.05) is 0 Å². The number of carbonyl (C=O) groups is 1. The van der Waals surface area contributed by atoms with Gasteiger partial charge in [0.05, 0.1) is 11.1 Å². The van der Waals surface area contributed by atoms with E-state index in [4.69, 9.17) is 11.6 Å². The minimum Gasteiger partial charge on any atom is -0.323 e. The van der Waals surface area contributed by atoms with Gasteiger partial charge < -0.3 is 4.98 Å². The molecule has 0 radical (unpaired) electrons. The van der Waals surface area contributed by atoms with Crippen LogP contribution in [-0.2, 0) is 6.18 Å². The largest absolute Gasteiger partial charge is 0.417 e. The summed E-state index contributed by atoms with van der Waals surface area (Å²) in [6, 6.07) is 4.82. The molecule has 6 nitrogen and oxygen atoms in total. The Bertz CT molecular complexity index is 1170. The summed E-state index contributed by atoms with van der Waals surface area (Å²) in [5.74, 6) is -0.562. The van der Waals surface area contributed by atoms with Gasteiger partial charge in [-0.05, 0) is 24.3 Å². The van der Waals surface area contributed by atoms with E-state index in [2.05, 4.69) is 25.3 Å². The third-order valence-corrected chi connectivity index (χ3v) is 4.75. The van der Waals surface area contributed by atoms with Crippen molar-refractivity contribution in [3.8, 4) is 11.4 Å². The zero-order valence-electron chi connectivity index (χ0n) is 13.7. The van der Waals surface area contributed by atoms with Gasteiger partial charge in [-0.2, -0.15) is 13.2 Å². The van der Waals surface area contributed by atoms with Gasteiger partial charge in [-0.15, -0.1) is 11.3 Å². The number of nitrogens with zero attached hydrogens (tertiary/aromatic N) is 3. The summed E-state index contributed by atoms with van der Waals surface area (Å²) in [7, 11) is 0. The predicted molar refractivity (Wildman–Crippen MR) is 99.4 cm³/mol. The molecule has 1 aromatic carbocycles. The first-order chi connectivity index (χ1) is 13.3. The maximum absolute atomic E-state index is 13.4. The summed E-state index contributed by atoms with van der Waals surface area (Å²) in [5.41, 5.74) is -0.640. The number of hydrogen-bond acceptors (Lipinski definition) is 5. The van der Waals surface area contributed by atoms with Gasteiger partial charge in [0, 0.05) is 28.4 Å². The molecule has 0 bridgehead atoms. The van der Waals surface area contributed by atoms with Crippen molar-refractivity contribution in [1.29, 1.82) is 0 Å². The highest BCUT2D eigenvalue weighted by molar-refractivity contribution is 7.13. The number of halogens is 4. The van der Waals surface area contributed by atoms with Crippen molar-refractivity contribution in [3.05, 3.63) is 58.2 Å². The van der Waals surface area contributed by atoms with Crippen LogP contribution >= 0.6 is 22.9 Å². The molecule has 0 fully saturated rings. The Balaban J connectivity index is 1.81. The molecule has 4 rings (SSSR count). The summed E-state index contributed by atoms with van der Waals surface area (Å²) in [6.45, 7) is 0. The fourth-order valence-corrected chi connectivity index (χ4v) is 3.32. The van der Waals surface area contributed by atoms with Gasteiger partial charge in [-0.1, -0.05) is 11.6 Å². The number of alkyl halides is 3. The Morgan fingerprint density at radius 2 is 2.00 bits per heavy atom. The molecule has 11 heteroatoms. The van der Waals surface area contributed by atoms with Crippen LogP contribution in [0.25, 0.3) is 22.6 Å². The summed E-state index contributed by atoms with van der Waals surface area (Å²) in [6.07, 6.45) is -1.72. The fraction of sp³-hybridized carbons (Fsp3) is 0.0588. The molecule has 0 aliphatic carbocycles. The molecule has 0 aliphatic rings. The Hall–Kier alpha value is -2.98. The van der Waals surface area contributed by atoms with Crippen LogP contribution in [0.4, 0.5) is 18.3 Å². The zero-order valence-corrected chi connectivity index (χ0v) is 15.3. The summed E-state index contributed by atoms with van der Waals surface area (Å²) in [5, 5.41) is 4.65. The van der Waals surface area contributed by atoms with Crippen molar-refractivity contribution in [3.63, 3.8) is 0 Å². The highest BCUT2D eigenvalue weighted by Gasteiger charge is 2.35. The summed E-state index contributed by atoms with van der Waals surface area (Å²) in [4.78, 5) is 27.5. The minimum atomic E-state index is -4.63. The zero-order chi connectivity index (χ0) is 19.9. The third kappa shape index (κ3) is 3.43. The number of imidazole rings is 1. The minimum absolute atomic E-state index is 0.0474. The molecule has 0 unspecified atom stereocenters. The van der Waals surface area contributed by atoms with Crippen LogP contribution in [0.2, 0.25) is 5.02 Å². The first-order valence-electron chi connectivity index (χ1n) is 7.75. The number of aromatic nitrogens is 4. The molecule has 4 aromatic rings. The SMILES string of the molecule is O=C(Nc1nccs1)c1ccnc2[nH]c(-c3ccc(Cl)cc3C(F)(F)F)nc12. The molecule has 0 atom stereocenters. The molecule has 0 spiro atoms. The number of anilines is 1. The van der Waals surface area contributed by atoms with Gasteiger partial charge >= 0.3 is 6.18 Å². The second-order valence-electron chi connectivity index (χ2n) is 5.62. The number of hydrogen-bond donors (Lipinski definition) is 2. The average molecular weight is 424 g/mol. The molecule has 0 saturated heterocycles. The Morgan fingerprint density at radius 3 is 2.71 bits per heavy atom. The average Bonchev–Trinajstić information content (AvgIpc) is 3.29. The standard InChI is InChI=1S/C17H9ClF3N5OS/c18-8-1-2-9(11(7-8)17(19,20)21)13-24-12-10(3-4-22-14(12)25-13)15(27)26-16-23-5-6-28-16/h1-7H,(H,22,24,25)(H,23,26,27). The van der Waals surface area contributed by atoms with Crippen LogP contribution in [0.3, 0.4) is 0 Å². The van der Waals surface area contributed by atoms with E-state index in [1.54, 1.807) is 5.38 Å². The van der Waals surface area contributed by atoms with E-state index in [9.17, 15) is 18.0 Å². The van der Waals surface area contributed by atoms with Crippen LogP contribution in [0.15, 0.2) is 42.0 Å². The second kappa shape index (κ2) is 6.88. The van der Waals surface area contributed by atoms with Crippen LogP contribution in [0.5, 0.6) is 0 Å². The third-order valence-electron chi connectivity index (χ3n) is 3.82. The molecule has 3 aromatic heterocycles. The van der Waals surface area contributed by atoms with E-state index in [0.29, 0.717) is 5.13 Å². The van der Waals surface area contributed by atoms with Crippen molar-refractivity contribution in [2.24, 2.45) is 0 Å². The topological polar surface area (TPSA) is 83.6 Å². The van der Waals surface area contributed by atoms with E-state index >= 15 is 0 Å². The lowest BCUT2D eigenvalue weighted by Crippen LogP contribution is -2.12. The highest BCUT2D eigenvalue weighted by atomic mass is 35.5. The van der Waals surface area contributed by atoms with Gasteiger partial charge in [-0.3, -0.25) is 10.1 Å². The number of amides is 1. The molecular formula is C17H9ClF3N5OS. The summed E-state index contributed by atoms with van der Waals surface area (Å²) < 4.78 is 40.2. The number of rotatable bonds is 3. The number of thiazole rings is 1. The molecule has 0 aliphatic heterocycles. The Morgan fingerprint density at radius 1 is 1.18 bits per heavy atom. The molecule has 0 saturated carbocycles. The monoisotopic (exact) mass is 423 g/mol. The smallest absolute Gasteiger partial charge is 0.323 e. The number of H-pyrrole nitrogens is 1. The maximum atomic E-state index is 13.4. The number of aromatic amines is 1. The normalized spacial score (nSPS) is 11.7. The van der Waals surface area contributed by atoms with Crippen molar-refractivity contribution in [2.45, 2.75) is 6.18 Å². The van der Waals surface area contributed by atoms with Crippen LogP contribution in [0.1, 0.15) is 15.9 Å². The lowest BCUT2D eigenvalue weighted by atomic mass is 10.1. The van der Waals surface area contributed by atoms with Gasteiger partial charge in [0.25, 0.3) is 5.91 Å². The van der Waals surface area contributed by atoms with Gasteiger partial charge in [0.2, 0.25) is 0 Å². The first kappa shape index (κ1) is 18.4. The lowest BCUT2D eigenvalue weighted by molar-refractivity contribution is -0.137. The van der Waals surface area contributed by atoms with Crippen LogP contribution < -0.4 is 5.32 Å². The number of benzene rings is 1. The number of carbonyl (C=O) groups excluding carboxylic acids is 1. The van der Waals surface area contributed by atoms with E-state index in [1.165, 1.54) is 41.9 Å². The number of nitrogens with one attached hydrogen (secondary N) is 2. The molecule has 2 N–H and O–H groups in total. The number of pyridine rings is 1. The van der Waals surface area contributed by atoms with Crippen LogP contribution in [-0.4, -0.2) is 25.8 Å². The van der Waals surface area contributed by atoms with Gasteiger partial charge in [0.15, 0.2) is 10.8 Å². The quantitative estimate of drug-likeness (QED) is 0.485. The maximum Gasteiger partial charge on any atom is 0.417 e. The van der Waals surface area contributed by atoms with Crippen LogP contribution in [0, 0.1) is 0 Å². The van der Waals surface area contributed by atoms with Gasteiger partial charge in [-0.25, -0.2) is 15.0 Å². The van der Waals surface area contributed by atoms with E-state index in [0.717, 1.165) is 6.07 Å². The number of fused-ring (bicyclic) bond motifs is 1. The molecule has 1 amide bonds. The van der Waals surface area contributed by atoms with Crippen molar-refractivity contribution in [1.82, 2.24) is 19.9 Å². The molecular weight excluding hydrogens is 415 g/mol. The molecule has 142 valence electrons. The fourth-order valence-electron chi connectivity index (χ4n) is 2.63. The molecule has 3 heterocycles. The lowest BCUT2D eigenvalue weighted by Gasteiger charge is -2.11. The van der Waals surface area contributed by atoms with Crippen molar-refractivity contribution in [2.75, 3.05) is 5.32 Å². The second-order valence-corrected chi connectivity index (χ2v) is 6.95. The Labute approximate surface area is 164 Å². The Kier molecular flexibility index (Phi) is 4.52. The van der Waals surface area contributed by atoms with E-state index < -0.39 is 17.6 Å². The van der Waals surface area contributed by atoms with E-state index in [-0.39, 0.29) is 33.1 Å². The highest BCUT2D eigenvalue weighted by Crippen LogP contribution is 2.38. The first-order valence-corrected chi connectivity index (χ1v) is 9.01. The predicted octanol–water partition coefficient (Wildman–Crippen LogP) is 5.01. The van der Waals surface area contributed by atoms with Crippen molar-refractivity contribution >= 4 is 45.1 Å². The van der Waals surface area contributed by atoms with Gasteiger partial charge in [0.1, 0.15) is 11.3 Å². The molecule has 28 heavy (non-hydrogen) atoms. The van der Waals surface area contributed by atoms with Crippen molar-refractivity contribution < 1.29 is 18.0 Å². The summed E-state index contributed by atoms with van der Waals surface area (Å²) >= 11 is 6.96.